The van der Waals surface area contributed by atoms with E-state index in [1.54, 1.807) is 12.1 Å². The van der Waals surface area contributed by atoms with E-state index in [1.165, 1.54) is 13.0 Å². The number of Topliss-reactive ketones (excluding diaryl/α,β-unsaturated/α-hetero) is 1. The lowest BCUT2D eigenvalue weighted by atomic mass is 10.0. The van der Waals surface area contributed by atoms with Crippen LogP contribution in [-0.4, -0.2) is 5.78 Å². The number of rotatable bonds is 5. The second-order valence-corrected chi connectivity index (χ2v) is 5.35. The van der Waals surface area contributed by atoms with Crippen molar-refractivity contribution in [3.63, 3.8) is 0 Å². The van der Waals surface area contributed by atoms with E-state index < -0.39 is 11.7 Å². The Morgan fingerprint density at radius 1 is 1.09 bits per heavy atom. The van der Waals surface area contributed by atoms with Crippen LogP contribution >= 0.6 is 0 Å². The van der Waals surface area contributed by atoms with E-state index in [2.05, 4.69) is 0 Å². The number of fused-ring (bicyclic) bond motifs is 1. The first-order valence-corrected chi connectivity index (χ1v) is 7.37. The second kappa shape index (κ2) is 6.48. The summed E-state index contributed by atoms with van der Waals surface area (Å²) in [5.74, 6) is 0.443. The molecule has 0 aliphatic rings. The molecule has 0 fully saturated rings. The Hall–Kier alpha value is -2.88. The Labute approximate surface area is 133 Å². The number of hydrogen-bond donors (Lipinski definition) is 0. The molecule has 0 amide bonds. The van der Waals surface area contributed by atoms with Crippen molar-refractivity contribution in [1.82, 2.24) is 0 Å². The minimum atomic E-state index is -0.478. The molecule has 1 atom stereocenters. The van der Waals surface area contributed by atoms with Gasteiger partial charge in [-0.15, -0.1) is 0 Å². The zero-order chi connectivity index (χ0) is 16.2. The predicted octanol–water partition coefficient (Wildman–Crippen LogP) is 3.89. The van der Waals surface area contributed by atoms with Crippen LogP contribution in [-0.2, 0) is 4.79 Å². The normalized spacial score (nSPS) is 12.0. The second-order valence-electron chi connectivity index (χ2n) is 5.35. The van der Waals surface area contributed by atoms with Crippen molar-refractivity contribution < 1.29 is 13.9 Å². The zero-order valence-electron chi connectivity index (χ0n) is 12.7. The third-order valence-electron chi connectivity index (χ3n) is 3.53. The van der Waals surface area contributed by atoms with E-state index in [-0.39, 0.29) is 12.2 Å². The molecule has 3 rings (SSSR count). The van der Waals surface area contributed by atoms with E-state index in [0.29, 0.717) is 16.7 Å². The first kappa shape index (κ1) is 15.0. The molecule has 0 saturated heterocycles. The smallest absolute Gasteiger partial charge is 0.339 e. The topological polar surface area (TPSA) is 56.5 Å². The molecular formula is C19H16O4. The molecule has 1 unspecified atom stereocenters. The molecule has 4 heteroatoms. The molecule has 3 aromatic rings. The van der Waals surface area contributed by atoms with E-state index in [1.807, 2.05) is 42.5 Å². The standard InChI is InChI=1S/C19H16O4/c1-13(20)11-17(14-7-3-2-4-8-14)22-18-12-19(21)23-16-10-6-5-9-15(16)18/h2-10,12,17H,11H2,1H3. The van der Waals surface area contributed by atoms with Crippen molar-refractivity contribution in [2.24, 2.45) is 0 Å². The summed E-state index contributed by atoms with van der Waals surface area (Å²) in [7, 11) is 0. The molecule has 0 aliphatic heterocycles. The first-order valence-electron chi connectivity index (χ1n) is 7.37. The summed E-state index contributed by atoms with van der Waals surface area (Å²) in [5, 5.41) is 0.705. The van der Waals surface area contributed by atoms with Crippen LogP contribution in [0.4, 0.5) is 0 Å². The minimum Gasteiger partial charge on any atom is -0.484 e. The molecule has 0 bridgehead atoms. The molecule has 2 aromatic carbocycles. The SMILES string of the molecule is CC(=O)CC(Oc1cc(=O)oc2ccccc12)c1ccccc1. The minimum absolute atomic E-state index is 0.0196. The van der Waals surface area contributed by atoms with Gasteiger partial charge >= 0.3 is 5.63 Å². The monoisotopic (exact) mass is 308 g/mol. The van der Waals surface area contributed by atoms with Crippen molar-refractivity contribution in [2.45, 2.75) is 19.4 Å². The highest BCUT2D eigenvalue weighted by molar-refractivity contribution is 5.83. The van der Waals surface area contributed by atoms with E-state index in [9.17, 15) is 9.59 Å². The lowest BCUT2D eigenvalue weighted by molar-refractivity contribution is -0.118. The van der Waals surface area contributed by atoms with Crippen molar-refractivity contribution in [3.8, 4) is 5.75 Å². The van der Waals surface area contributed by atoms with Gasteiger partial charge in [0.1, 0.15) is 23.2 Å². The third-order valence-corrected chi connectivity index (χ3v) is 3.53. The quantitative estimate of drug-likeness (QED) is 0.671. The fraction of sp³-hybridized carbons (Fsp3) is 0.158. The van der Waals surface area contributed by atoms with Crippen LogP contribution in [0.5, 0.6) is 5.75 Å². The highest BCUT2D eigenvalue weighted by Crippen LogP contribution is 2.30. The number of carbonyl (C=O) groups is 1. The van der Waals surface area contributed by atoms with Gasteiger partial charge in [-0.1, -0.05) is 42.5 Å². The Balaban J connectivity index is 2.03. The van der Waals surface area contributed by atoms with E-state index >= 15 is 0 Å². The molecule has 0 N–H and O–H groups in total. The van der Waals surface area contributed by atoms with Gasteiger partial charge < -0.3 is 9.15 Å². The van der Waals surface area contributed by atoms with Crippen LogP contribution in [0.2, 0.25) is 0 Å². The predicted molar refractivity (Wildman–Crippen MR) is 87.6 cm³/mol. The lowest BCUT2D eigenvalue weighted by Crippen LogP contribution is -2.13. The number of para-hydroxylation sites is 1. The summed E-state index contributed by atoms with van der Waals surface area (Å²) in [6, 6.07) is 18.0. The summed E-state index contributed by atoms with van der Waals surface area (Å²) in [6.45, 7) is 1.52. The number of carbonyl (C=O) groups excluding carboxylic acids is 1. The maximum Gasteiger partial charge on any atom is 0.339 e. The van der Waals surface area contributed by atoms with Gasteiger partial charge in [0.2, 0.25) is 0 Å². The Morgan fingerprint density at radius 3 is 2.52 bits per heavy atom. The first-order chi connectivity index (χ1) is 11.1. The van der Waals surface area contributed by atoms with Gasteiger partial charge in [0, 0.05) is 6.42 Å². The third kappa shape index (κ3) is 3.48. The molecule has 4 nitrogen and oxygen atoms in total. The fourth-order valence-corrected chi connectivity index (χ4v) is 2.49. The number of benzene rings is 2. The average Bonchev–Trinajstić information content (AvgIpc) is 2.54. The molecule has 0 saturated carbocycles. The van der Waals surface area contributed by atoms with Crippen LogP contribution in [0.15, 0.2) is 69.9 Å². The largest absolute Gasteiger partial charge is 0.484 e. The molecule has 0 spiro atoms. The van der Waals surface area contributed by atoms with Crippen LogP contribution < -0.4 is 10.4 Å². The summed E-state index contributed by atoms with van der Waals surface area (Å²) in [5.41, 5.74) is 0.873. The molecular weight excluding hydrogens is 292 g/mol. The molecule has 0 radical (unpaired) electrons. The molecule has 23 heavy (non-hydrogen) atoms. The molecule has 116 valence electrons. The number of hydrogen-bond acceptors (Lipinski definition) is 4. The van der Waals surface area contributed by atoms with Gasteiger partial charge in [-0.25, -0.2) is 4.79 Å². The number of ketones is 1. The van der Waals surface area contributed by atoms with E-state index in [4.69, 9.17) is 9.15 Å². The van der Waals surface area contributed by atoms with Gasteiger partial charge in [-0.3, -0.25) is 4.79 Å². The maximum absolute atomic E-state index is 11.7. The van der Waals surface area contributed by atoms with Crippen LogP contribution in [0.1, 0.15) is 25.0 Å². The summed E-state index contributed by atoms with van der Waals surface area (Å²) >= 11 is 0. The lowest BCUT2D eigenvalue weighted by Gasteiger charge is -2.19. The van der Waals surface area contributed by atoms with E-state index in [0.717, 1.165) is 5.56 Å². The van der Waals surface area contributed by atoms with Gasteiger partial charge in [-0.05, 0) is 24.6 Å². The highest BCUT2D eigenvalue weighted by atomic mass is 16.5. The Morgan fingerprint density at radius 2 is 1.78 bits per heavy atom. The summed E-state index contributed by atoms with van der Waals surface area (Å²) < 4.78 is 11.2. The highest BCUT2D eigenvalue weighted by Gasteiger charge is 2.18. The van der Waals surface area contributed by atoms with Crippen LogP contribution in [0.25, 0.3) is 11.0 Å². The fourth-order valence-electron chi connectivity index (χ4n) is 2.49. The van der Waals surface area contributed by atoms with Crippen LogP contribution in [0, 0.1) is 0 Å². The van der Waals surface area contributed by atoms with Gasteiger partial charge in [0.25, 0.3) is 0 Å². The van der Waals surface area contributed by atoms with Crippen molar-refractivity contribution in [2.75, 3.05) is 0 Å². The van der Waals surface area contributed by atoms with Gasteiger partial charge in [0.15, 0.2) is 0 Å². The Kier molecular flexibility index (Phi) is 4.24. The average molecular weight is 308 g/mol. The maximum atomic E-state index is 11.7. The van der Waals surface area contributed by atoms with Gasteiger partial charge in [-0.2, -0.15) is 0 Å². The molecule has 0 aliphatic carbocycles. The molecule has 1 aromatic heterocycles. The number of ether oxygens (including phenoxy) is 1. The summed E-state index contributed by atoms with van der Waals surface area (Å²) in [4.78, 5) is 23.3. The Bertz CT molecular complexity index is 881. The van der Waals surface area contributed by atoms with Gasteiger partial charge in [0.05, 0.1) is 11.5 Å². The summed E-state index contributed by atoms with van der Waals surface area (Å²) in [6.07, 6.45) is -0.211. The van der Waals surface area contributed by atoms with Crippen molar-refractivity contribution in [1.29, 1.82) is 0 Å². The van der Waals surface area contributed by atoms with Crippen molar-refractivity contribution in [3.05, 3.63) is 76.6 Å². The zero-order valence-corrected chi connectivity index (χ0v) is 12.7. The van der Waals surface area contributed by atoms with Crippen molar-refractivity contribution >= 4 is 16.8 Å². The molecule has 1 heterocycles. The van der Waals surface area contributed by atoms with Crippen LogP contribution in [0.3, 0.4) is 0 Å².